The Balaban J connectivity index is 2.94. The molecule has 1 aromatic rings. The molecule has 3 atom stereocenters. The highest BCUT2D eigenvalue weighted by Gasteiger charge is 2.28. The van der Waals surface area contributed by atoms with E-state index in [2.05, 4.69) is 16.0 Å². The number of carbonyl (C=O) groups is 4. The smallest absolute Gasteiger partial charge is 0.322 e. The lowest BCUT2D eigenvalue weighted by Gasteiger charge is -2.24. The zero-order valence-electron chi connectivity index (χ0n) is 18.8. The Morgan fingerprint density at radius 1 is 1.00 bits per heavy atom. The predicted molar refractivity (Wildman–Crippen MR) is 125 cm³/mol. The van der Waals surface area contributed by atoms with Gasteiger partial charge in [0.15, 0.2) is 0 Å². The molecule has 0 bridgehead atoms. The average molecular weight is 467 g/mol. The highest BCUT2D eigenvalue weighted by Crippen LogP contribution is 2.08. The van der Waals surface area contributed by atoms with Gasteiger partial charge in [0, 0.05) is 6.42 Å². The van der Waals surface area contributed by atoms with Gasteiger partial charge in [0.1, 0.15) is 18.6 Å². The Morgan fingerprint density at radius 3 is 2.19 bits per heavy atom. The SMILES string of the molecule is CSCCC(NC(=O)C(N)CC(C)C)C(=O)NC(Cc1ccccc1)C(=O)NCC(=O)O. The van der Waals surface area contributed by atoms with Crippen molar-refractivity contribution in [1.29, 1.82) is 0 Å². The second-order valence-corrected chi connectivity index (χ2v) is 8.93. The van der Waals surface area contributed by atoms with E-state index in [1.807, 2.05) is 38.3 Å². The zero-order valence-corrected chi connectivity index (χ0v) is 19.6. The third kappa shape index (κ3) is 10.6. The van der Waals surface area contributed by atoms with E-state index in [0.717, 1.165) is 5.56 Å². The molecular formula is C22H34N4O5S. The molecule has 10 heteroatoms. The molecule has 0 fully saturated rings. The van der Waals surface area contributed by atoms with Gasteiger partial charge in [-0.25, -0.2) is 0 Å². The van der Waals surface area contributed by atoms with Crippen molar-refractivity contribution in [1.82, 2.24) is 16.0 Å². The fourth-order valence-electron chi connectivity index (χ4n) is 3.02. The van der Waals surface area contributed by atoms with E-state index in [0.29, 0.717) is 18.6 Å². The molecule has 6 N–H and O–H groups in total. The van der Waals surface area contributed by atoms with Gasteiger partial charge in [-0.3, -0.25) is 19.2 Å². The Kier molecular flexibility index (Phi) is 12.4. The van der Waals surface area contributed by atoms with Crippen LogP contribution >= 0.6 is 11.8 Å². The van der Waals surface area contributed by atoms with Crippen molar-refractivity contribution in [3.05, 3.63) is 35.9 Å². The molecule has 0 aliphatic carbocycles. The first-order chi connectivity index (χ1) is 15.1. The first kappa shape index (κ1) is 27.4. The van der Waals surface area contributed by atoms with Gasteiger partial charge in [0.05, 0.1) is 6.04 Å². The molecule has 0 radical (unpaired) electrons. The van der Waals surface area contributed by atoms with Gasteiger partial charge in [-0.2, -0.15) is 11.8 Å². The number of nitrogens with two attached hydrogens (primary N) is 1. The first-order valence-electron chi connectivity index (χ1n) is 10.5. The van der Waals surface area contributed by atoms with Gasteiger partial charge < -0.3 is 26.8 Å². The molecule has 1 rings (SSSR count). The second kappa shape index (κ2) is 14.5. The summed E-state index contributed by atoms with van der Waals surface area (Å²) in [5, 5.41) is 16.5. The topological polar surface area (TPSA) is 151 Å². The number of carbonyl (C=O) groups excluding carboxylic acids is 3. The molecule has 32 heavy (non-hydrogen) atoms. The van der Waals surface area contributed by atoms with E-state index in [1.54, 1.807) is 12.1 Å². The third-order valence-corrected chi connectivity index (χ3v) is 5.28. The van der Waals surface area contributed by atoms with Gasteiger partial charge in [0.25, 0.3) is 0 Å². The van der Waals surface area contributed by atoms with Crippen molar-refractivity contribution < 1.29 is 24.3 Å². The first-order valence-corrected chi connectivity index (χ1v) is 11.9. The van der Waals surface area contributed by atoms with Gasteiger partial charge in [-0.1, -0.05) is 44.2 Å². The monoisotopic (exact) mass is 466 g/mol. The highest BCUT2D eigenvalue weighted by molar-refractivity contribution is 7.98. The van der Waals surface area contributed by atoms with Crippen LogP contribution in [0.1, 0.15) is 32.3 Å². The molecule has 9 nitrogen and oxygen atoms in total. The molecule has 3 unspecified atom stereocenters. The van der Waals surface area contributed by atoms with Gasteiger partial charge in [-0.05, 0) is 36.3 Å². The van der Waals surface area contributed by atoms with Crippen molar-refractivity contribution in [2.75, 3.05) is 18.6 Å². The lowest BCUT2D eigenvalue weighted by atomic mass is 10.0. The maximum atomic E-state index is 13.0. The molecule has 0 saturated heterocycles. The van der Waals surface area contributed by atoms with Crippen molar-refractivity contribution in [3.63, 3.8) is 0 Å². The molecule has 3 amide bonds. The van der Waals surface area contributed by atoms with Crippen molar-refractivity contribution in [2.24, 2.45) is 11.7 Å². The zero-order chi connectivity index (χ0) is 24.1. The summed E-state index contributed by atoms with van der Waals surface area (Å²) in [5.41, 5.74) is 6.74. The van der Waals surface area contributed by atoms with Crippen LogP contribution in [0.25, 0.3) is 0 Å². The standard InChI is InChI=1S/C22H34N4O5S/c1-14(2)11-16(23)20(29)25-17(9-10-32-3)22(31)26-18(21(30)24-13-19(27)28)12-15-7-5-4-6-8-15/h4-8,14,16-18H,9-13,23H2,1-3H3,(H,24,30)(H,25,29)(H,26,31)(H,27,28). The number of aliphatic carboxylic acids is 1. The Labute approximate surface area is 193 Å². The fraction of sp³-hybridized carbons (Fsp3) is 0.545. The number of amides is 3. The lowest BCUT2D eigenvalue weighted by molar-refractivity contribution is -0.138. The molecule has 0 aliphatic heterocycles. The summed E-state index contributed by atoms with van der Waals surface area (Å²) < 4.78 is 0. The van der Waals surface area contributed by atoms with Crippen LogP contribution in [0.3, 0.4) is 0 Å². The van der Waals surface area contributed by atoms with Crippen LogP contribution in [-0.2, 0) is 25.6 Å². The van der Waals surface area contributed by atoms with E-state index in [-0.39, 0.29) is 12.3 Å². The normalized spacial score (nSPS) is 13.7. The number of benzene rings is 1. The Hall–Kier alpha value is -2.59. The highest BCUT2D eigenvalue weighted by atomic mass is 32.2. The summed E-state index contributed by atoms with van der Waals surface area (Å²) in [6, 6.07) is 6.46. The minimum atomic E-state index is -1.19. The number of hydrogen-bond acceptors (Lipinski definition) is 6. The van der Waals surface area contributed by atoms with Gasteiger partial charge in [0.2, 0.25) is 17.7 Å². The van der Waals surface area contributed by atoms with Crippen LogP contribution in [0.15, 0.2) is 30.3 Å². The maximum absolute atomic E-state index is 13.0. The number of thioether (sulfide) groups is 1. The van der Waals surface area contributed by atoms with Crippen LogP contribution in [-0.4, -0.2) is 65.5 Å². The summed E-state index contributed by atoms with van der Waals surface area (Å²) >= 11 is 1.53. The molecule has 0 aliphatic rings. The van der Waals surface area contributed by atoms with E-state index >= 15 is 0 Å². The number of carboxylic acids is 1. The second-order valence-electron chi connectivity index (χ2n) is 7.94. The molecule has 0 aromatic heterocycles. The maximum Gasteiger partial charge on any atom is 0.322 e. The third-order valence-electron chi connectivity index (χ3n) is 4.64. The molecule has 0 spiro atoms. The minimum absolute atomic E-state index is 0.175. The summed E-state index contributed by atoms with van der Waals surface area (Å²) in [7, 11) is 0. The van der Waals surface area contributed by atoms with Gasteiger partial charge in [-0.15, -0.1) is 0 Å². The van der Waals surface area contributed by atoms with Crippen molar-refractivity contribution >= 4 is 35.5 Å². The number of carboxylic acid groups (broad SMARTS) is 1. The fourth-order valence-corrected chi connectivity index (χ4v) is 3.49. The molecule has 0 saturated carbocycles. The Bertz CT molecular complexity index is 760. The molecule has 178 valence electrons. The summed E-state index contributed by atoms with van der Waals surface area (Å²) in [4.78, 5) is 48.9. The van der Waals surface area contributed by atoms with Crippen LogP contribution < -0.4 is 21.7 Å². The van der Waals surface area contributed by atoms with E-state index in [4.69, 9.17) is 10.8 Å². The van der Waals surface area contributed by atoms with Crippen LogP contribution in [0.5, 0.6) is 0 Å². The summed E-state index contributed by atoms with van der Waals surface area (Å²) in [6.07, 6.45) is 2.91. The summed E-state index contributed by atoms with van der Waals surface area (Å²) in [5.74, 6) is -1.90. The van der Waals surface area contributed by atoms with Crippen molar-refractivity contribution in [2.45, 2.75) is 51.2 Å². The quantitative estimate of drug-likeness (QED) is 0.268. The summed E-state index contributed by atoms with van der Waals surface area (Å²) in [6.45, 7) is 3.35. The van der Waals surface area contributed by atoms with E-state index < -0.39 is 48.4 Å². The molecule has 1 aromatic carbocycles. The lowest BCUT2D eigenvalue weighted by Crippen LogP contribution is -2.56. The number of hydrogen-bond donors (Lipinski definition) is 5. The van der Waals surface area contributed by atoms with Crippen LogP contribution in [0.2, 0.25) is 0 Å². The van der Waals surface area contributed by atoms with Crippen LogP contribution in [0, 0.1) is 5.92 Å². The number of nitrogens with one attached hydrogen (secondary N) is 3. The van der Waals surface area contributed by atoms with Gasteiger partial charge >= 0.3 is 5.97 Å². The number of rotatable bonds is 14. The average Bonchev–Trinajstić information content (AvgIpc) is 2.74. The van der Waals surface area contributed by atoms with Crippen molar-refractivity contribution in [3.8, 4) is 0 Å². The van der Waals surface area contributed by atoms with E-state index in [9.17, 15) is 19.2 Å². The molecular weight excluding hydrogens is 432 g/mol. The molecule has 0 heterocycles. The minimum Gasteiger partial charge on any atom is -0.480 e. The Morgan fingerprint density at radius 2 is 1.62 bits per heavy atom. The predicted octanol–water partition coefficient (Wildman–Crippen LogP) is 0.526. The van der Waals surface area contributed by atoms with E-state index in [1.165, 1.54) is 11.8 Å². The largest absolute Gasteiger partial charge is 0.480 e. The van der Waals surface area contributed by atoms with Crippen LogP contribution in [0.4, 0.5) is 0 Å².